The van der Waals surface area contributed by atoms with E-state index in [0.29, 0.717) is 0 Å². The summed E-state index contributed by atoms with van der Waals surface area (Å²) in [6, 6.07) is 2.96. The molecular formula is C12H16O4. The van der Waals surface area contributed by atoms with Crippen LogP contribution in [-0.2, 0) is 4.74 Å². The Morgan fingerprint density at radius 3 is 2.31 bits per heavy atom. The predicted octanol–water partition coefficient (Wildman–Crippen LogP) is 2.69. The van der Waals surface area contributed by atoms with E-state index in [1.165, 1.54) is 12.1 Å². The Morgan fingerprint density at radius 2 is 1.81 bits per heavy atom. The number of furan rings is 1. The van der Waals surface area contributed by atoms with E-state index in [1.54, 1.807) is 27.7 Å². The van der Waals surface area contributed by atoms with Crippen LogP contribution in [-0.4, -0.2) is 18.4 Å². The minimum Gasteiger partial charge on any atom is -0.460 e. The minimum absolute atomic E-state index is 0.0643. The summed E-state index contributed by atoms with van der Waals surface area (Å²) in [4.78, 5) is 23.1. The van der Waals surface area contributed by atoms with Gasteiger partial charge in [-0.15, -0.1) is 0 Å². The maximum Gasteiger partial charge on any atom is 0.374 e. The summed E-state index contributed by atoms with van der Waals surface area (Å²) in [5, 5.41) is 0. The van der Waals surface area contributed by atoms with Gasteiger partial charge in [-0.25, -0.2) is 4.79 Å². The molecule has 0 aliphatic carbocycles. The van der Waals surface area contributed by atoms with Crippen molar-refractivity contribution in [3.63, 3.8) is 0 Å². The molecule has 1 heterocycles. The van der Waals surface area contributed by atoms with Gasteiger partial charge in [0.15, 0.2) is 5.76 Å². The third-order valence-electron chi connectivity index (χ3n) is 1.99. The van der Waals surface area contributed by atoms with E-state index in [0.717, 1.165) is 0 Å². The molecule has 1 rings (SSSR count). The van der Waals surface area contributed by atoms with Gasteiger partial charge in [0, 0.05) is 5.41 Å². The summed E-state index contributed by atoms with van der Waals surface area (Å²) in [6.45, 7) is 7.37. The third kappa shape index (κ3) is 2.72. The molecule has 0 spiro atoms. The molecule has 1 aromatic rings. The monoisotopic (exact) mass is 224 g/mol. The zero-order valence-electron chi connectivity index (χ0n) is 9.99. The van der Waals surface area contributed by atoms with Crippen LogP contribution in [0.15, 0.2) is 16.5 Å². The highest BCUT2D eigenvalue weighted by molar-refractivity contribution is 5.98. The van der Waals surface area contributed by atoms with Gasteiger partial charge in [-0.1, -0.05) is 20.8 Å². The predicted molar refractivity (Wildman–Crippen MR) is 58.5 cm³/mol. The highest BCUT2D eigenvalue weighted by Crippen LogP contribution is 2.22. The van der Waals surface area contributed by atoms with Gasteiger partial charge in [-0.2, -0.15) is 0 Å². The van der Waals surface area contributed by atoms with E-state index in [-0.39, 0.29) is 23.9 Å². The molecule has 0 aliphatic rings. The molecule has 4 heteroatoms. The first-order valence-corrected chi connectivity index (χ1v) is 5.18. The molecule has 0 fully saturated rings. The van der Waals surface area contributed by atoms with Gasteiger partial charge in [0.25, 0.3) is 0 Å². The van der Waals surface area contributed by atoms with E-state index in [2.05, 4.69) is 0 Å². The van der Waals surface area contributed by atoms with E-state index in [4.69, 9.17) is 9.15 Å². The second-order valence-corrected chi connectivity index (χ2v) is 4.46. The Bertz CT molecular complexity index is 395. The van der Waals surface area contributed by atoms with Crippen molar-refractivity contribution in [1.82, 2.24) is 0 Å². The molecule has 0 amide bonds. The number of carbonyl (C=O) groups is 2. The second kappa shape index (κ2) is 4.51. The van der Waals surface area contributed by atoms with E-state index < -0.39 is 11.4 Å². The van der Waals surface area contributed by atoms with Crippen molar-refractivity contribution in [2.24, 2.45) is 5.41 Å². The van der Waals surface area contributed by atoms with Gasteiger partial charge in [0.05, 0.1) is 6.61 Å². The number of carbonyl (C=O) groups excluding carboxylic acids is 2. The molecule has 1 aromatic heterocycles. The van der Waals surface area contributed by atoms with Gasteiger partial charge >= 0.3 is 5.97 Å². The van der Waals surface area contributed by atoms with Crippen LogP contribution in [0.4, 0.5) is 0 Å². The molecule has 88 valence electrons. The Hall–Kier alpha value is -1.58. The number of Topliss-reactive ketones (excluding diaryl/α,β-unsaturated/α-hetero) is 1. The lowest BCUT2D eigenvalue weighted by Gasteiger charge is -2.13. The molecule has 0 saturated carbocycles. The Kier molecular flexibility index (Phi) is 3.52. The fourth-order valence-corrected chi connectivity index (χ4v) is 1.14. The quantitative estimate of drug-likeness (QED) is 0.585. The van der Waals surface area contributed by atoms with Gasteiger partial charge in [0.1, 0.15) is 0 Å². The van der Waals surface area contributed by atoms with Crippen LogP contribution in [0.5, 0.6) is 0 Å². The Labute approximate surface area is 94.6 Å². The van der Waals surface area contributed by atoms with Crippen molar-refractivity contribution in [3.05, 3.63) is 23.7 Å². The van der Waals surface area contributed by atoms with Crippen molar-refractivity contribution in [3.8, 4) is 0 Å². The fourth-order valence-electron chi connectivity index (χ4n) is 1.14. The lowest BCUT2D eigenvalue weighted by atomic mass is 9.89. The molecule has 0 aromatic carbocycles. The number of hydrogen-bond acceptors (Lipinski definition) is 4. The molecule has 0 saturated heterocycles. The largest absolute Gasteiger partial charge is 0.460 e. The summed E-state index contributed by atoms with van der Waals surface area (Å²) >= 11 is 0. The number of ketones is 1. The molecule has 0 unspecified atom stereocenters. The summed E-state index contributed by atoms with van der Waals surface area (Å²) in [6.07, 6.45) is 0. The van der Waals surface area contributed by atoms with Gasteiger partial charge < -0.3 is 9.15 Å². The first-order chi connectivity index (χ1) is 7.36. The summed E-state index contributed by atoms with van der Waals surface area (Å²) in [7, 11) is 0. The second-order valence-electron chi connectivity index (χ2n) is 4.46. The third-order valence-corrected chi connectivity index (χ3v) is 1.99. The first-order valence-electron chi connectivity index (χ1n) is 5.18. The molecule has 4 nitrogen and oxygen atoms in total. The smallest absolute Gasteiger partial charge is 0.374 e. The maximum atomic E-state index is 11.8. The van der Waals surface area contributed by atoms with Crippen LogP contribution in [0.1, 0.15) is 48.8 Å². The summed E-state index contributed by atoms with van der Waals surface area (Å²) < 4.78 is 9.92. The number of ether oxygens (including phenoxy) is 1. The maximum absolute atomic E-state index is 11.8. The van der Waals surface area contributed by atoms with Crippen LogP contribution in [0.2, 0.25) is 0 Å². The Morgan fingerprint density at radius 1 is 1.25 bits per heavy atom. The number of rotatable bonds is 3. The van der Waals surface area contributed by atoms with E-state index >= 15 is 0 Å². The van der Waals surface area contributed by atoms with Crippen molar-refractivity contribution >= 4 is 11.8 Å². The fraction of sp³-hybridized carbons (Fsp3) is 0.500. The molecule has 0 N–H and O–H groups in total. The standard InChI is InChI=1S/C12H16O4/c1-5-15-11(14)9-7-6-8(16-9)10(13)12(2,3)4/h6-7H,5H2,1-4H3. The van der Waals surface area contributed by atoms with Gasteiger partial charge in [-0.3, -0.25) is 4.79 Å². The van der Waals surface area contributed by atoms with Crippen LogP contribution in [0.25, 0.3) is 0 Å². The molecule has 0 atom stereocenters. The molecule has 0 bridgehead atoms. The lowest BCUT2D eigenvalue weighted by molar-refractivity contribution is 0.0487. The topological polar surface area (TPSA) is 56.5 Å². The highest BCUT2D eigenvalue weighted by Gasteiger charge is 2.26. The average molecular weight is 224 g/mol. The van der Waals surface area contributed by atoms with Crippen molar-refractivity contribution in [2.75, 3.05) is 6.61 Å². The summed E-state index contributed by atoms with van der Waals surface area (Å²) in [5.41, 5.74) is -0.524. The summed E-state index contributed by atoms with van der Waals surface area (Å²) in [5.74, 6) is -0.427. The van der Waals surface area contributed by atoms with Crippen LogP contribution >= 0.6 is 0 Å². The molecular weight excluding hydrogens is 208 g/mol. The van der Waals surface area contributed by atoms with Crippen molar-refractivity contribution in [1.29, 1.82) is 0 Å². The zero-order chi connectivity index (χ0) is 12.3. The highest BCUT2D eigenvalue weighted by atomic mass is 16.5. The average Bonchev–Trinajstić information content (AvgIpc) is 2.64. The van der Waals surface area contributed by atoms with Crippen LogP contribution < -0.4 is 0 Å². The van der Waals surface area contributed by atoms with Crippen molar-refractivity contribution < 1.29 is 18.7 Å². The van der Waals surface area contributed by atoms with Crippen LogP contribution in [0, 0.1) is 5.41 Å². The molecule has 0 radical (unpaired) electrons. The normalized spacial score (nSPS) is 11.2. The molecule has 16 heavy (non-hydrogen) atoms. The van der Waals surface area contributed by atoms with Gasteiger partial charge in [0.2, 0.25) is 11.5 Å². The van der Waals surface area contributed by atoms with Crippen LogP contribution in [0.3, 0.4) is 0 Å². The van der Waals surface area contributed by atoms with Crippen molar-refractivity contribution in [2.45, 2.75) is 27.7 Å². The van der Waals surface area contributed by atoms with Gasteiger partial charge in [-0.05, 0) is 19.1 Å². The Balaban J connectivity index is 2.87. The molecule has 0 aliphatic heterocycles. The first kappa shape index (κ1) is 12.5. The zero-order valence-corrected chi connectivity index (χ0v) is 9.99. The van der Waals surface area contributed by atoms with E-state index in [9.17, 15) is 9.59 Å². The minimum atomic E-state index is -0.546. The number of esters is 1. The lowest BCUT2D eigenvalue weighted by Crippen LogP contribution is -2.19. The van der Waals surface area contributed by atoms with E-state index in [1.807, 2.05) is 0 Å². The number of hydrogen-bond donors (Lipinski definition) is 0. The SMILES string of the molecule is CCOC(=O)c1ccc(C(=O)C(C)(C)C)o1.